The van der Waals surface area contributed by atoms with Crippen LogP contribution in [0.4, 0.5) is 11.4 Å². The van der Waals surface area contributed by atoms with Crippen LogP contribution in [0, 0.1) is 12.6 Å². The molecule has 0 saturated carbocycles. The van der Waals surface area contributed by atoms with Crippen LogP contribution in [0.2, 0.25) is 0 Å². The van der Waals surface area contributed by atoms with Crippen molar-refractivity contribution in [3.05, 3.63) is 150 Å². The van der Waals surface area contributed by atoms with Crippen LogP contribution in [0.1, 0.15) is 76.3 Å². The van der Waals surface area contributed by atoms with Crippen LogP contribution in [0.5, 0.6) is 0 Å². The largest absolute Gasteiger partial charge is 2.00 e. The summed E-state index contributed by atoms with van der Waals surface area (Å²) in [5.74, 6) is 0.584. The summed E-state index contributed by atoms with van der Waals surface area (Å²) < 4.78 is 0. The van der Waals surface area contributed by atoms with Gasteiger partial charge in [0.2, 0.25) is 0 Å². The maximum Gasteiger partial charge on any atom is 2.00 e. The minimum Gasteiger partial charge on any atom is -0.501 e. The van der Waals surface area contributed by atoms with Crippen molar-refractivity contribution in [2.24, 2.45) is 5.92 Å². The second kappa shape index (κ2) is 16.5. The van der Waals surface area contributed by atoms with E-state index in [1.54, 1.807) is 0 Å². The van der Waals surface area contributed by atoms with E-state index >= 15 is 0 Å². The number of pyridine rings is 2. The van der Waals surface area contributed by atoms with Gasteiger partial charge in [0.1, 0.15) is 0 Å². The Hall–Kier alpha value is -3.74. The number of nitrogens with zero attached hydrogens (tertiary/aromatic N) is 6. The molecule has 1 aliphatic carbocycles. The van der Waals surface area contributed by atoms with Crippen molar-refractivity contribution < 1.29 is 17.1 Å². The Kier molecular flexibility index (Phi) is 12.4. The van der Waals surface area contributed by atoms with Crippen molar-refractivity contribution in [2.45, 2.75) is 91.8 Å². The summed E-state index contributed by atoms with van der Waals surface area (Å²) in [6.07, 6.45) is 10.0. The van der Waals surface area contributed by atoms with Gasteiger partial charge in [0.05, 0.1) is 22.8 Å². The molecule has 265 valence electrons. The molecule has 7 heteroatoms. The van der Waals surface area contributed by atoms with E-state index < -0.39 is 0 Å². The normalized spacial score (nSPS) is 17.9. The smallest absolute Gasteiger partial charge is 0.501 e. The summed E-state index contributed by atoms with van der Waals surface area (Å²) in [6.45, 7) is 21.1. The third kappa shape index (κ3) is 9.95. The summed E-state index contributed by atoms with van der Waals surface area (Å²) in [6, 6.07) is 32.2. The molecule has 1 unspecified atom stereocenters. The minimum atomic E-state index is 0. The maximum absolute atomic E-state index is 4.97. The van der Waals surface area contributed by atoms with Gasteiger partial charge in [-0.2, -0.15) is 6.67 Å². The molecule has 2 aliphatic heterocycles. The molecule has 3 aliphatic rings. The molecule has 0 saturated heterocycles. The van der Waals surface area contributed by atoms with Crippen LogP contribution in [-0.4, -0.2) is 37.4 Å². The van der Waals surface area contributed by atoms with Crippen molar-refractivity contribution in [3.8, 4) is 0 Å². The van der Waals surface area contributed by atoms with E-state index in [1.165, 1.54) is 16.9 Å². The molecule has 2 aromatic carbocycles. The van der Waals surface area contributed by atoms with Crippen molar-refractivity contribution in [1.82, 2.24) is 19.8 Å². The second-order valence-corrected chi connectivity index (χ2v) is 15.5. The van der Waals surface area contributed by atoms with E-state index in [1.807, 2.05) is 0 Å². The molecule has 0 spiro atoms. The number of anilines is 2. The molecule has 4 heterocycles. The Labute approximate surface area is 311 Å². The number of rotatable bonds is 4. The molecular weight excluding hydrogens is 664 g/mol. The van der Waals surface area contributed by atoms with Gasteiger partial charge in [0, 0.05) is 55.2 Å². The number of hydrogen-bond donors (Lipinski definition) is 0. The van der Waals surface area contributed by atoms with E-state index in [0.717, 1.165) is 68.5 Å². The molecule has 6 nitrogen and oxygen atoms in total. The van der Waals surface area contributed by atoms with Gasteiger partial charge in [-0.1, -0.05) is 78.9 Å². The fourth-order valence-electron chi connectivity index (χ4n) is 6.57. The van der Waals surface area contributed by atoms with E-state index in [4.69, 9.17) is 9.97 Å². The zero-order valence-electron chi connectivity index (χ0n) is 30.6. The van der Waals surface area contributed by atoms with Gasteiger partial charge >= 0.3 is 17.1 Å². The standard InChI is InChI=1S/C22H32N4.C21H21N2.Cu/c1-21(2,3)25-13-17-9-7-11-19(23-17)15-26(22(4,5)6)16-20-12-8-10-18(14-25)24-20;1-3-9-18(10-4-1)15-22-17-23(16-19-11-5-2-6-12-19)21-14-8-7-13-20(21)22;/h7-12H,13-16H2,1-6H3;1-11,13-14,17,19H,12,15-16H2;/q;-1;+2. The molecule has 7 rings (SSSR count). The van der Waals surface area contributed by atoms with Crippen LogP contribution < -0.4 is 9.80 Å². The first-order valence-corrected chi connectivity index (χ1v) is 17.8. The van der Waals surface area contributed by atoms with Gasteiger partial charge < -0.3 is 9.80 Å². The van der Waals surface area contributed by atoms with Crippen LogP contribution in [0.25, 0.3) is 0 Å². The number of aromatic nitrogens is 2. The monoisotopic (exact) mass is 716 g/mol. The quantitative estimate of drug-likeness (QED) is 0.155. The molecule has 0 amide bonds. The Morgan fingerprint density at radius 2 is 1.08 bits per heavy atom. The van der Waals surface area contributed by atoms with Gasteiger partial charge in [0.15, 0.2) is 0 Å². The number of fused-ring (bicyclic) bond motifs is 5. The SMILES string of the molecule is C1=CCC(CN2[CH-]N(Cc3ccccc3)c3ccccc32)C=C1.CC(C)(C)N1Cc2cccc(n2)CN(C(C)(C)C)Cc2cccc(n2)C1.[Cu+2]. The maximum atomic E-state index is 4.97. The Balaban J connectivity index is 0.000000192. The minimum absolute atomic E-state index is 0. The third-order valence-electron chi connectivity index (χ3n) is 9.51. The zero-order valence-corrected chi connectivity index (χ0v) is 31.5. The second-order valence-electron chi connectivity index (χ2n) is 15.5. The van der Waals surface area contributed by atoms with Crippen molar-refractivity contribution >= 4 is 11.4 Å². The molecule has 1 atom stereocenters. The molecule has 50 heavy (non-hydrogen) atoms. The zero-order chi connectivity index (χ0) is 34.4. The van der Waals surface area contributed by atoms with Crippen LogP contribution >= 0.6 is 0 Å². The molecule has 1 radical (unpaired) electrons. The van der Waals surface area contributed by atoms with E-state index in [-0.39, 0.29) is 28.1 Å². The Bertz CT molecular complexity index is 1630. The average molecular weight is 717 g/mol. The van der Waals surface area contributed by atoms with Crippen LogP contribution in [-0.2, 0) is 49.8 Å². The Morgan fingerprint density at radius 1 is 0.600 bits per heavy atom. The van der Waals surface area contributed by atoms with Gasteiger partial charge in [-0.3, -0.25) is 19.8 Å². The molecule has 2 aromatic heterocycles. The molecule has 0 fully saturated rings. The fourth-order valence-corrected chi connectivity index (χ4v) is 6.57. The molecule has 4 aromatic rings. The summed E-state index contributed by atoms with van der Waals surface area (Å²) in [4.78, 5) is 19.6. The predicted molar refractivity (Wildman–Crippen MR) is 204 cm³/mol. The summed E-state index contributed by atoms with van der Waals surface area (Å²) in [5, 5.41) is 0. The fraction of sp³-hybridized carbons (Fsp3) is 0.372. The summed E-state index contributed by atoms with van der Waals surface area (Å²) >= 11 is 0. The number of allylic oxidation sites excluding steroid dienone is 3. The first-order valence-electron chi connectivity index (χ1n) is 17.8. The average Bonchev–Trinajstić information content (AvgIpc) is 3.41. The number of benzene rings is 2. The predicted octanol–water partition coefficient (Wildman–Crippen LogP) is 9.15. The Morgan fingerprint density at radius 3 is 1.54 bits per heavy atom. The van der Waals surface area contributed by atoms with Crippen molar-refractivity contribution in [3.63, 3.8) is 0 Å². The van der Waals surface area contributed by atoms with Gasteiger partial charge in [-0.05, 0) is 102 Å². The molecular formula is C43H53CuN6+. The number of hydrogen-bond acceptors (Lipinski definition) is 6. The van der Waals surface area contributed by atoms with Crippen LogP contribution in [0.3, 0.4) is 0 Å². The first kappa shape index (κ1) is 37.5. The van der Waals surface area contributed by atoms with Gasteiger partial charge in [-0.15, -0.1) is 0 Å². The summed E-state index contributed by atoms with van der Waals surface area (Å²) in [7, 11) is 0. The van der Waals surface area contributed by atoms with Gasteiger partial charge in [0.25, 0.3) is 0 Å². The van der Waals surface area contributed by atoms with Crippen LogP contribution in [0.15, 0.2) is 115 Å². The van der Waals surface area contributed by atoms with Gasteiger partial charge in [-0.25, -0.2) is 0 Å². The molecule has 0 N–H and O–H groups in total. The van der Waals surface area contributed by atoms with Crippen molar-refractivity contribution in [1.29, 1.82) is 0 Å². The third-order valence-corrected chi connectivity index (χ3v) is 9.51. The topological polar surface area (TPSA) is 38.7 Å². The first-order chi connectivity index (χ1) is 23.5. The van der Waals surface area contributed by atoms with E-state index in [0.29, 0.717) is 5.92 Å². The summed E-state index contributed by atoms with van der Waals surface area (Å²) in [5.41, 5.74) is 8.56. The van der Waals surface area contributed by atoms with E-state index in [2.05, 4.69) is 183 Å². The van der Waals surface area contributed by atoms with E-state index in [9.17, 15) is 0 Å². The molecule has 4 bridgehead atoms. The number of para-hydroxylation sites is 2. The van der Waals surface area contributed by atoms with Crippen molar-refractivity contribution in [2.75, 3.05) is 16.3 Å².